The molecular weight excluding hydrogens is 340 g/mol. The van der Waals surface area contributed by atoms with Gasteiger partial charge in [-0.3, -0.25) is 5.43 Å². The van der Waals surface area contributed by atoms with E-state index >= 15 is 0 Å². The molecule has 1 aliphatic rings. The molecule has 2 unspecified atom stereocenters. The Morgan fingerprint density at radius 2 is 1.42 bits per heavy atom. The number of hydrogen-bond donors (Lipinski definition) is 2. The summed E-state index contributed by atoms with van der Waals surface area (Å²) in [5, 5.41) is 16.8. The molecule has 4 rings (SSSR count). The standard InChI is InChI=1S/C22H20N2OS/c25-22(19-14-8-3-9-15-19)21(18-12-6-2-7-13-18)26-20(23-24-22)16-17-10-4-1-5-11-17/h1-15,21,24-25H,16H2. The van der Waals surface area contributed by atoms with Gasteiger partial charge < -0.3 is 5.11 Å². The summed E-state index contributed by atoms with van der Waals surface area (Å²) in [4.78, 5) is 0. The van der Waals surface area contributed by atoms with Crippen LogP contribution in [0.15, 0.2) is 96.1 Å². The van der Waals surface area contributed by atoms with Gasteiger partial charge in [0.25, 0.3) is 0 Å². The van der Waals surface area contributed by atoms with Crippen molar-refractivity contribution in [2.24, 2.45) is 5.10 Å². The lowest BCUT2D eigenvalue weighted by atomic mass is 9.94. The van der Waals surface area contributed by atoms with Crippen molar-refractivity contribution in [3.8, 4) is 0 Å². The minimum Gasteiger partial charge on any atom is -0.365 e. The van der Waals surface area contributed by atoms with Crippen molar-refractivity contribution < 1.29 is 5.11 Å². The Bertz CT molecular complexity index is 884. The summed E-state index contributed by atoms with van der Waals surface area (Å²) in [6.07, 6.45) is 0.743. The summed E-state index contributed by atoms with van der Waals surface area (Å²) >= 11 is 1.62. The molecule has 4 heteroatoms. The zero-order chi connectivity index (χ0) is 17.8. The minimum atomic E-state index is -1.26. The third kappa shape index (κ3) is 3.39. The Hall–Kier alpha value is -2.56. The summed E-state index contributed by atoms with van der Waals surface area (Å²) in [5.74, 6) is 0. The smallest absolute Gasteiger partial charge is 0.193 e. The molecule has 0 amide bonds. The number of hydrogen-bond acceptors (Lipinski definition) is 4. The normalized spacial score (nSPS) is 22.3. The average molecular weight is 360 g/mol. The highest BCUT2D eigenvalue weighted by Gasteiger charge is 2.43. The van der Waals surface area contributed by atoms with Gasteiger partial charge in [0.15, 0.2) is 5.72 Å². The van der Waals surface area contributed by atoms with Crippen LogP contribution >= 0.6 is 11.8 Å². The average Bonchev–Trinajstić information content (AvgIpc) is 2.72. The van der Waals surface area contributed by atoms with Gasteiger partial charge in [-0.25, -0.2) is 0 Å². The van der Waals surface area contributed by atoms with E-state index in [1.54, 1.807) is 11.8 Å². The second kappa shape index (κ2) is 7.36. The van der Waals surface area contributed by atoms with E-state index in [9.17, 15) is 5.11 Å². The highest BCUT2D eigenvalue weighted by atomic mass is 32.2. The van der Waals surface area contributed by atoms with Crippen molar-refractivity contribution in [3.05, 3.63) is 108 Å². The van der Waals surface area contributed by atoms with E-state index in [0.29, 0.717) is 0 Å². The van der Waals surface area contributed by atoms with Gasteiger partial charge in [0.1, 0.15) is 0 Å². The lowest BCUT2D eigenvalue weighted by Gasteiger charge is -2.39. The first-order valence-corrected chi connectivity index (χ1v) is 9.51. The van der Waals surface area contributed by atoms with E-state index in [-0.39, 0.29) is 5.25 Å². The molecule has 3 nitrogen and oxygen atoms in total. The fourth-order valence-electron chi connectivity index (χ4n) is 3.15. The summed E-state index contributed by atoms with van der Waals surface area (Å²) in [7, 11) is 0. The number of hydrazone groups is 1. The molecule has 0 saturated heterocycles. The van der Waals surface area contributed by atoms with Gasteiger partial charge in [0.05, 0.1) is 10.3 Å². The maximum atomic E-state index is 11.5. The molecule has 0 bridgehead atoms. The van der Waals surface area contributed by atoms with Gasteiger partial charge in [-0.1, -0.05) is 103 Å². The second-order valence-corrected chi connectivity index (χ2v) is 7.50. The van der Waals surface area contributed by atoms with Crippen LogP contribution in [-0.2, 0) is 12.1 Å². The lowest BCUT2D eigenvalue weighted by molar-refractivity contribution is -0.00285. The maximum Gasteiger partial charge on any atom is 0.193 e. The predicted molar refractivity (Wildman–Crippen MR) is 108 cm³/mol. The number of rotatable bonds is 4. The molecule has 0 radical (unpaired) electrons. The van der Waals surface area contributed by atoms with Crippen molar-refractivity contribution >= 4 is 16.8 Å². The summed E-state index contributed by atoms with van der Waals surface area (Å²) in [6.45, 7) is 0. The van der Waals surface area contributed by atoms with E-state index in [4.69, 9.17) is 0 Å². The second-order valence-electron chi connectivity index (χ2n) is 6.32. The first-order valence-electron chi connectivity index (χ1n) is 8.63. The van der Waals surface area contributed by atoms with Crippen LogP contribution in [0.4, 0.5) is 0 Å². The monoisotopic (exact) mass is 360 g/mol. The molecule has 0 aliphatic carbocycles. The van der Waals surface area contributed by atoms with Crippen molar-refractivity contribution in [2.45, 2.75) is 17.4 Å². The molecule has 2 atom stereocenters. The Kier molecular flexibility index (Phi) is 4.78. The number of nitrogens with zero attached hydrogens (tertiary/aromatic N) is 1. The van der Waals surface area contributed by atoms with Crippen molar-refractivity contribution in [1.82, 2.24) is 5.43 Å². The van der Waals surface area contributed by atoms with Crippen LogP contribution in [0, 0.1) is 0 Å². The van der Waals surface area contributed by atoms with Gasteiger partial charge >= 0.3 is 0 Å². The topological polar surface area (TPSA) is 44.6 Å². The maximum absolute atomic E-state index is 11.5. The zero-order valence-electron chi connectivity index (χ0n) is 14.2. The SMILES string of the molecule is OC1(c2ccccc2)NN=C(Cc2ccccc2)SC1c1ccccc1. The molecular formula is C22H20N2OS. The molecule has 0 aromatic heterocycles. The van der Waals surface area contributed by atoms with E-state index in [0.717, 1.165) is 22.6 Å². The van der Waals surface area contributed by atoms with Crippen molar-refractivity contribution in [2.75, 3.05) is 0 Å². The Labute approximate surface area is 157 Å². The number of benzene rings is 3. The van der Waals surface area contributed by atoms with Crippen LogP contribution in [0.2, 0.25) is 0 Å². The van der Waals surface area contributed by atoms with Gasteiger partial charge in [-0.2, -0.15) is 5.10 Å². The number of thioether (sulfide) groups is 1. The first kappa shape index (κ1) is 16.9. The molecule has 1 aliphatic heterocycles. The summed E-state index contributed by atoms with van der Waals surface area (Å²) in [6, 6.07) is 30.1. The van der Waals surface area contributed by atoms with Crippen molar-refractivity contribution in [1.29, 1.82) is 0 Å². The molecule has 0 spiro atoms. The first-order chi connectivity index (χ1) is 12.8. The van der Waals surface area contributed by atoms with Crippen LogP contribution in [0.5, 0.6) is 0 Å². The zero-order valence-corrected chi connectivity index (χ0v) is 15.1. The lowest BCUT2D eigenvalue weighted by Crippen LogP contribution is -2.47. The highest BCUT2D eigenvalue weighted by Crippen LogP contribution is 2.46. The van der Waals surface area contributed by atoms with Crippen LogP contribution in [0.1, 0.15) is 21.9 Å². The van der Waals surface area contributed by atoms with Gasteiger partial charge in [-0.15, -0.1) is 0 Å². The minimum absolute atomic E-state index is 0.192. The van der Waals surface area contributed by atoms with Gasteiger partial charge in [-0.05, 0) is 11.1 Å². The molecule has 26 heavy (non-hydrogen) atoms. The van der Waals surface area contributed by atoms with Crippen LogP contribution in [0.25, 0.3) is 0 Å². The molecule has 3 aromatic carbocycles. The molecule has 0 fully saturated rings. The molecule has 2 N–H and O–H groups in total. The predicted octanol–water partition coefficient (Wildman–Crippen LogP) is 4.47. The Balaban J connectivity index is 1.70. The van der Waals surface area contributed by atoms with E-state index in [1.807, 2.05) is 66.7 Å². The van der Waals surface area contributed by atoms with E-state index in [2.05, 4.69) is 34.8 Å². The van der Waals surface area contributed by atoms with Crippen LogP contribution < -0.4 is 5.43 Å². The molecule has 1 heterocycles. The molecule has 0 saturated carbocycles. The highest BCUT2D eigenvalue weighted by molar-refractivity contribution is 8.14. The fraction of sp³-hybridized carbons (Fsp3) is 0.136. The van der Waals surface area contributed by atoms with E-state index in [1.165, 1.54) is 5.56 Å². The summed E-state index contributed by atoms with van der Waals surface area (Å²) in [5.41, 5.74) is 4.88. The third-order valence-electron chi connectivity index (χ3n) is 4.50. The van der Waals surface area contributed by atoms with Crippen LogP contribution in [0.3, 0.4) is 0 Å². The number of aliphatic hydroxyl groups is 1. The van der Waals surface area contributed by atoms with Gasteiger partial charge in [0, 0.05) is 12.0 Å². The number of nitrogens with one attached hydrogen (secondary N) is 1. The molecule has 130 valence electrons. The Morgan fingerprint density at radius 3 is 2.08 bits per heavy atom. The van der Waals surface area contributed by atoms with Crippen molar-refractivity contribution in [3.63, 3.8) is 0 Å². The summed E-state index contributed by atoms with van der Waals surface area (Å²) < 4.78 is 0. The van der Waals surface area contributed by atoms with Crippen LogP contribution in [-0.4, -0.2) is 10.2 Å². The molecule has 3 aromatic rings. The third-order valence-corrected chi connectivity index (χ3v) is 5.86. The quantitative estimate of drug-likeness (QED) is 0.722. The fourth-order valence-corrected chi connectivity index (χ4v) is 4.42. The van der Waals surface area contributed by atoms with Gasteiger partial charge in [0.2, 0.25) is 0 Å². The largest absolute Gasteiger partial charge is 0.365 e. The van der Waals surface area contributed by atoms with E-state index < -0.39 is 5.72 Å². The Morgan fingerprint density at radius 1 is 0.846 bits per heavy atom.